The van der Waals surface area contributed by atoms with E-state index in [0.29, 0.717) is 12.0 Å². The Morgan fingerprint density at radius 1 is 1.42 bits per heavy atom. The van der Waals surface area contributed by atoms with Gasteiger partial charge in [0.25, 0.3) is 5.69 Å². The van der Waals surface area contributed by atoms with Gasteiger partial charge in [-0.2, -0.15) is 0 Å². The predicted octanol–water partition coefficient (Wildman–Crippen LogP) is 1.43. The van der Waals surface area contributed by atoms with E-state index < -0.39 is 14.8 Å². The summed E-state index contributed by atoms with van der Waals surface area (Å²) in [5.41, 5.74) is 0.639. The van der Waals surface area contributed by atoms with Crippen LogP contribution in [0.4, 0.5) is 5.69 Å². The Labute approximate surface area is 111 Å². The van der Waals surface area contributed by atoms with Crippen molar-refractivity contribution in [3.8, 4) is 0 Å². The standard InChI is InChI=1S/C12H16N2O4S/c1-9(13-10-6-7-19(17,18)8-10)11-4-2-3-5-12(11)14(15)16/h2-5,9-10,13H,6-8H2,1H3. The van der Waals surface area contributed by atoms with Crippen molar-refractivity contribution in [1.82, 2.24) is 5.32 Å². The summed E-state index contributed by atoms with van der Waals surface area (Å²) in [6, 6.07) is 6.14. The van der Waals surface area contributed by atoms with E-state index >= 15 is 0 Å². The molecule has 1 saturated heterocycles. The Kier molecular flexibility index (Phi) is 3.86. The van der Waals surface area contributed by atoms with Crippen LogP contribution >= 0.6 is 0 Å². The molecule has 0 saturated carbocycles. The van der Waals surface area contributed by atoms with Gasteiger partial charge in [0.2, 0.25) is 0 Å². The summed E-state index contributed by atoms with van der Waals surface area (Å²) in [5.74, 6) is 0.298. The van der Waals surface area contributed by atoms with E-state index in [1.165, 1.54) is 6.07 Å². The molecule has 0 aromatic heterocycles. The monoisotopic (exact) mass is 284 g/mol. The summed E-state index contributed by atoms with van der Waals surface area (Å²) in [5, 5.41) is 14.1. The molecule has 2 atom stereocenters. The molecule has 2 unspecified atom stereocenters. The quantitative estimate of drug-likeness (QED) is 0.667. The fourth-order valence-electron chi connectivity index (χ4n) is 2.39. The third-order valence-corrected chi connectivity index (χ3v) is 5.09. The number of nitro benzene ring substituents is 1. The summed E-state index contributed by atoms with van der Waals surface area (Å²) in [6.07, 6.45) is 0.563. The zero-order chi connectivity index (χ0) is 14.0. The SMILES string of the molecule is CC(NC1CCS(=O)(=O)C1)c1ccccc1[N+](=O)[O-]. The third-order valence-electron chi connectivity index (χ3n) is 3.32. The fourth-order valence-corrected chi connectivity index (χ4v) is 4.08. The Morgan fingerprint density at radius 3 is 2.68 bits per heavy atom. The van der Waals surface area contributed by atoms with Gasteiger partial charge < -0.3 is 5.32 Å². The van der Waals surface area contributed by atoms with Gasteiger partial charge in [-0.1, -0.05) is 18.2 Å². The second-order valence-electron chi connectivity index (χ2n) is 4.80. The maximum Gasteiger partial charge on any atom is 0.274 e. The highest BCUT2D eigenvalue weighted by atomic mass is 32.2. The summed E-state index contributed by atoms with van der Waals surface area (Å²) in [6.45, 7) is 1.81. The first kappa shape index (κ1) is 14.0. The van der Waals surface area contributed by atoms with Crippen LogP contribution in [0.25, 0.3) is 0 Å². The van der Waals surface area contributed by atoms with E-state index in [4.69, 9.17) is 0 Å². The van der Waals surface area contributed by atoms with Crippen LogP contribution in [0.5, 0.6) is 0 Å². The molecule has 0 bridgehead atoms. The van der Waals surface area contributed by atoms with Gasteiger partial charge in [-0.15, -0.1) is 0 Å². The second-order valence-corrected chi connectivity index (χ2v) is 7.03. The maximum atomic E-state index is 11.4. The van der Waals surface area contributed by atoms with Crippen LogP contribution in [0.15, 0.2) is 24.3 Å². The molecular formula is C12H16N2O4S. The molecule has 7 heteroatoms. The lowest BCUT2D eigenvalue weighted by Crippen LogP contribution is -2.32. The van der Waals surface area contributed by atoms with E-state index in [-0.39, 0.29) is 29.3 Å². The van der Waals surface area contributed by atoms with Gasteiger partial charge >= 0.3 is 0 Å². The first-order valence-electron chi connectivity index (χ1n) is 6.09. The minimum Gasteiger partial charge on any atom is -0.306 e. The number of nitrogens with one attached hydrogen (secondary N) is 1. The summed E-state index contributed by atoms with van der Waals surface area (Å²) < 4.78 is 22.8. The van der Waals surface area contributed by atoms with Crippen molar-refractivity contribution in [2.24, 2.45) is 0 Å². The number of sulfone groups is 1. The van der Waals surface area contributed by atoms with Crippen molar-refractivity contribution in [3.63, 3.8) is 0 Å². The highest BCUT2D eigenvalue weighted by Gasteiger charge is 2.30. The van der Waals surface area contributed by atoms with Crippen LogP contribution in [0.1, 0.15) is 24.9 Å². The van der Waals surface area contributed by atoms with Crippen molar-refractivity contribution in [2.45, 2.75) is 25.4 Å². The normalized spacial score (nSPS) is 23.1. The van der Waals surface area contributed by atoms with Crippen molar-refractivity contribution < 1.29 is 13.3 Å². The number of benzene rings is 1. The number of hydrogen-bond acceptors (Lipinski definition) is 5. The smallest absolute Gasteiger partial charge is 0.274 e. The lowest BCUT2D eigenvalue weighted by atomic mass is 10.1. The molecule has 1 aliphatic rings. The number of hydrogen-bond donors (Lipinski definition) is 1. The van der Waals surface area contributed by atoms with Crippen LogP contribution < -0.4 is 5.32 Å². The van der Waals surface area contributed by atoms with E-state index in [1.54, 1.807) is 18.2 Å². The molecule has 1 aliphatic heterocycles. The Bertz CT molecular complexity index is 585. The van der Waals surface area contributed by atoms with E-state index in [1.807, 2.05) is 6.92 Å². The predicted molar refractivity (Wildman–Crippen MR) is 71.7 cm³/mol. The third kappa shape index (κ3) is 3.30. The fraction of sp³-hybridized carbons (Fsp3) is 0.500. The molecule has 1 heterocycles. The van der Waals surface area contributed by atoms with Gasteiger partial charge in [0.05, 0.1) is 16.4 Å². The first-order valence-corrected chi connectivity index (χ1v) is 7.91. The summed E-state index contributed by atoms with van der Waals surface area (Å²) >= 11 is 0. The molecule has 19 heavy (non-hydrogen) atoms. The topological polar surface area (TPSA) is 89.3 Å². The molecule has 0 spiro atoms. The molecule has 0 radical (unpaired) electrons. The molecular weight excluding hydrogens is 268 g/mol. The number of nitro groups is 1. The second kappa shape index (κ2) is 5.26. The summed E-state index contributed by atoms with van der Waals surface area (Å²) in [4.78, 5) is 10.5. The van der Waals surface area contributed by atoms with Gasteiger partial charge in [0.15, 0.2) is 9.84 Å². The van der Waals surface area contributed by atoms with Gasteiger partial charge in [0, 0.05) is 23.7 Å². The van der Waals surface area contributed by atoms with Gasteiger partial charge in [-0.3, -0.25) is 10.1 Å². The number of rotatable bonds is 4. The Hall–Kier alpha value is -1.47. The van der Waals surface area contributed by atoms with Gasteiger partial charge in [-0.25, -0.2) is 8.42 Å². The maximum absolute atomic E-state index is 11.4. The Balaban J connectivity index is 2.13. The largest absolute Gasteiger partial charge is 0.306 e. The first-order chi connectivity index (χ1) is 8.89. The lowest BCUT2D eigenvalue weighted by Gasteiger charge is -2.18. The molecule has 2 rings (SSSR count). The van der Waals surface area contributed by atoms with E-state index in [2.05, 4.69) is 5.32 Å². The molecule has 1 N–H and O–H groups in total. The zero-order valence-electron chi connectivity index (χ0n) is 10.6. The molecule has 0 amide bonds. The van der Waals surface area contributed by atoms with Crippen LogP contribution in [0, 0.1) is 10.1 Å². The van der Waals surface area contributed by atoms with Crippen LogP contribution in [0.2, 0.25) is 0 Å². The average molecular weight is 284 g/mol. The number of nitrogens with zero attached hydrogens (tertiary/aromatic N) is 1. The van der Waals surface area contributed by atoms with E-state index in [0.717, 1.165) is 0 Å². The molecule has 0 aliphatic carbocycles. The minimum atomic E-state index is -2.95. The molecule has 1 fully saturated rings. The van der Waals surface area contributed by atoms with Crippen molar-refractivity contribution in [3.05, 3.63) is 39.9 Å². The molecule has 1 aromatic carbocycles. The van der Waals surface area contributed by atoms with Gasteiger partial charge in [0.1, 0.15) is 0 Å². The minimum absolute atomic E-state index is 0.0587. The highest BCUT2D eigenvalue weighted by molar-refractivity contribution is 7.91. The summed E-state index contributed by atoms with van der Waals surface area (Å²) in [7, 11) is -2.95. The molecule has 1 aromatic rings. The van der Waals surface area contributed by atoms with Gasteiger partial charge in [-0.05, 0) is 13.3 Å². The van der Waals surface area contributed by atoms with E-state index in [9.17, 15) is 18.5 Å². The van der Waals surface area contributed by atoms with Crippen molar-refractivity contribution in [1.29, 1.82) is 0 Å². The highest BCUT2D eigenvalue weighted by Crippen LogP contribution is 2.26. The van der Waals surface area contributed by atoms with Crippen LogP contribution in [-0.2, 0) is 9.84 Å². The van der Waals surface area contributed by atoms with Crippen LogP contribution in [0.3, 0.4) is 0 Å². The zero-order valence-corrected chi connectivity index (χ0v) is 11.4. The molecule has 6 nitrogen and oxygen atoms in total. The van der Waals surface area contributed by atoms with Crippen molar-refractivity contribution in [2.75, 3.05) is 11.5 Å². The van der Waals surface area contributed by atoms with Crippen LogP contribution in [-0.4, -0.2) is 30.9 Å². The molecule has 104 valence electrons. The average Bonchev–Trinajstić information content (AvgIpc) is 2.68. The Morgan fingerprint density at radius 2 is 2.11 bits per heavy atom. The lowest BCUT2D eigenvalue weighted by molar-refractivity contribution is -0.385. The van der Waals surface area contributed by atoms with Crippen molar-refractivity contribution >= 4 is 15.5 Å². The number of para-hydroxylation sites is 1.